The second-order valence-corrected chi connectivity index (χ2v) is 8.09. The molecule has 0 aromatic heterocycles. The highest BCUT2D eigenvalue weighted by Gasteiger charge is 2.28. The van der Waals surface area contributed by atoms with Crippen molar-refractivity contribution in [1.82, 2.24) is 4.31 Å². The Kier molecular flexibility index (Phi) is 6.57. The Morgan fingerprint density at radius 1 is 1.10 bits per heavy atom. The molecule has 10 heteroatoms. The Balaban J connectivity index is 1.68. The third-order valence-electron chi connectivity index (χ3n) is 4.16. The molecular weight excluding hydrogens is 403 g/mol. The smallest absolute Gasteiger partial charge is 0.341 e. The number of ether oxygens (including phenoxy) is 2. The number of anilines is 1. The van der Waals surface area contributed by atoms with Gasteiger partial charge in [-0.2, -0.15) is 4.31 Å². The van der Waals surface area contributed by atoms with Crippen LogP contribution in [0.25, 0.3) is 0 Å². The van der Waals surface area contributed by atoms with Crippen LogP contribution < -0.4 is 5.32 Å². The average molecular weight is 422 g/mol. The predicted octanol–water partition coefficient (Wildman–Crippen LogP) is 1.64. The molecule has 0 saturated carbocycles. The van der Waals surface area contributed by atoms with Gasteiger partial charge in [-0.1, -0.05) is 18.2 Å². The number of esters is 1. The Bertz CT molecular complexity index is 991. The van der Waals surface area contributed by atoms with E-state index in [2.05, 4.69) is 5.32 Å². The molecule has 2 aromatic carbocycles. The number of carbonyl (C=O) groups excluding carboxylic acids is 2. The first-order chi connectivity index (χ1) is 13.9. The highest BCUT2D eigenvalue weighted by Crippen LogP contribution is 2.21. The van der Waals surface area contributed by atoms with E-state index in [0.717, 1.165) is 18.2 Å². The molecule has 0 unspecified atom stereocenters. The molecular formula is C19H19FN2O6S. The summed E-state index contributed by atoms with van der Waals surface area (Å²) in [6, 6.07) is 11.4. The normalized spacial score (nSPS) is 14.9. The van der Waals surface area contributed by atoms with E-state index in [9.17, 15) is 22.4 Å². The summed E-state index contributed by atoms with van der Waals surface area (Å²) in [6.07, 6.45) is 0. The van der Waals surface area contributed by atoms with Gasteiger partial charge in [-0.05, 0) is 30.3 Å². The Morgan fingerprint density at radius 2 is 1.79 bits per heavy atom. The van der Waals surface area contributed by atoms with Gasteiger partial charge in [0.25, 0.3) is 5.91 Å². The van der Waals surface area contributed by atoms with Crippen LogP contribution in [0.5, 0.6) is 0 Å². The maximum atomic E-state index is 14.1. The summed E-state index contributed by atoms with van der Waals surface area (Å²) in [4.78, 5) is 23.8. The van der Waals surface area contributed by atoms with E-state index in [1.807, 2.05) is 0 Å². The van der Waals surface area contributed by atoms with E-state index >= 15 is 0 Å². The molecule has 3 rings (SSSR count). The van der Waals surface area contributed by atoms with Gasteiger partial charge < -0.3 is 14.8 Å². The van der Waals surface area contributed by atoms with Crippen molar-refractivity contribution in [3.63, 3.8) is 0 Å². The van der Waals surface area contributed by atoms with Crippen LogP contribution in [-0.4, -0.2) is 57.5 Å². The molecule has 29 heavy (non-hydrogen) atoms. The summed E-state index contributed by atoms with van der Waals surface area (Å²) in [7, 11) is -3.91. The zero-order valence-corrected chi connectivity index (χ0v) is 16.2. The van der Waals surface area contributed by atoms with Crippen molar-refractivity contribution >= 4 is 27.6 Å². The fourth-order valence-electron chi connectivity index (χ4n) is 2.68. The van der Waals surface area contributed by atoms with Crippen LogP contribution in [0.4, 0.5) is 10.1 Å². The number of halogens is 1. The number of amides is 1. The van der Waals surface area contributed by atoms with Crippen LogP contribution >= 0.6 is 0 Å². The van der Waals surface area contributed by atoms with Gasteiger partial charge >= 0.3 is 5.97 Å². The van der Waals surface area contributed by atoms with Gasteiger partial charge in [0.1, 0.15) is 5.82 Å². The van der Waals surface area contributed by atoms with Gasteiger partial charge in [0.05, 0.1) is 23.7 Å². The number of hydrogen-bond donors (Lipinski definition) is 1. The van der Waals surface area contributed by atoms with Gasteiger partial charge in [-0.25, -0.2) is 17.6 Å². The standard InChI is InChI=1S/C19H19FN2O6S/c20-17-7-6-15(29(25,26)22-8-10-27-11-9-22)12-16(17)19(24)28-13-18(23)21-14-4-2-1-3-5-14/h1-7,12H,8-11,13H2,(H,21,23). The van der Waals surface area contributed by atoms with Crippen molar-refractivity contribution in [2.45, 2.75) is 4.90 Å². The molecule has 0 atom stereocenters. The monoisotopic (exact) mass is 422 g/mol. The molecule has 1 saturated heterocycles. The van der Waals surface area contributed by atoms with Crippen LogP contribution in [0.3, 0.4) is 0 Å². The summed E-state index contributed by atoms with van der Waals surface area (Å²) >= 11 is 0. The fraction of sp³-hybridized carbons (Fsp3) is 0.263. The minimum atomic E-state index is -3.91. The topological polar surface area (TPSA) is 102 Å². The van der Waals surface area contributed by atoms with Crippen molar-refractivity contribution in [2.24, 2.45) is 0 Å². The number of nitrogens with one attached hydrogen (secondary N) is 1. The van der Waals surface area contributed by atoms with Gasteiger partial charge in [0, 0.05) is 18.8 Å². The fourth-order valence-corrected chi connectivity index (χ4v) is 4.12. The van der Waals surface area contributed by atoms with Gasteiger partial charge in [-0.15, -0.1) is 0 Å². The third-order valence-corrected chi connectivity index (χ3v) is 6.05. The molecule has 1 amide bonds. The highest BCUT2D eigenvalue weighted by molar-refractivity contribution is 7.89. The number of carbonyl (C=O) groups is 2. The number of morpholine rings is 1. The highest BCUT2D eigenvalue weighted by atomic mass is 32.2. The van der Waals surface area contributed by atoms with Crippen molar-refractivity contribution < 1.29 is 31.9 Å². The van der Waals surface area contributed by atoms with Crippen LogP contribution in [0.15, 0.2) is 53.4 Å². The van der Waals surface area contributed by atoms with E-state index in [4.69, 9.17) is 9.47 Å². The largest absolute Gasteiger partial charge is 0.452 e. The predicted molar refractivity (Wildman–Crippen MR) is 101 cm³/mol. The Morgan fingerprint density at radius 3 is 2.48 bits per heavy atom. The summed E-state index contributed by atoms with van der Waals surface area (Å²) in [5.41, 5.74) is -0.0508. The lowest BCUT2D eigenvalue weighted by Crippen LogP contribution is -2.40. The lowest BCUT2D eigenvalue weighted by atomic mass is 10.2. The zero-order chi connectivity index (χ0) is 20.9. The maximum absolute atomic E-state index is 14.1. The summed E-state index contributed by atoms with van der Waals surface area (Å²) < 4.78 is 50.6. The zero-order valence-electron chi connectivity index (χ0n) is 15.3. The van der Waals surface area contributed by atoms with E-state index < -0.39 is 39.9 Å². The number of rotatable bonds is 6. The Labute approximate surface area is 167 Å². The number of hydrogen-bond acceptors (Lipinski definition) is 6. The van der Waals surface area contributed by atoms with Crippen molar-refractivity contribution in [2.75, 3.05) is 38.2 Å². The molecule has 8 nitrogen and oxygen atoms in total. The summed E-state index contributed by atoms with van der Waals surface area (Å²) in [5, 5.41) is 2.52. The second-order valence-electron chi connectivity index (χ2n) is 6.15. The maximum Gasteiger partial charge on any atom is 0.341 e. The first-order valence-electron chi connectivity index (χ1n) is 8.77. The van der Waals surface area contributed by atoms with E-state index in [-0.39, 0.29) is 31.2 Å². The van der Waals surface area contributed by atoms with Crippen molar-refractivity contribution in [3.8, 4) is 0 Å². The molecule has 0 aliphatic carbocycles. The average Bonchev–Trinajstić information content (AvgIpc) is 2.73. The lowest BCUT2D eigenvalue weighted by Gasteiger charge is -2.26. The van der Waals surface area contributed by atoms with Crippen molar-refractivity contribution in [1.29, 1.82) is 0 Å². The first kappa shape index (κ1) is 20.9. The van der Waals surface area contributed by atoms with E-state index in [1.54, 1.807) is 30.3 Å². The summed E-state index contributed by atoms with van der Waals surface area (Å²) in [5.74, 6) is -2.69. The lowest BCUT2D eigenvalue weighted by molar-refractivity contribution is -0.119. The van der Waals surface area contributed by atoms with Crippen LogP contribution in [0.1, 0.15) is 10.4 Å². The molecule has 2 aromatic rings. The second kappa shape index (κ2) is 9.12. The molecule has 0 bridgehead atoms. The molecule has 1 aliphatic rings. The first-order valence-corrected chi connectivity index (χ1v) is 10.2. The SMILES string of the molecule is O=C(COC(=O)c1cc(S(=O)(=O)N2CCOCC2)ccc1F)Nc1ccccc1. The van der Waals surface area contributed by atoms with Gasteiger partial charge in [0.2, 0.25) is 10.0 Å². The minimum absolute atomic E-state index is 0.166. The molecule has 1 aliphatic heterocycles. The summed E-state index contributed by atoms with van der Waals surface area (Å²) in [6.45, 7) is 0.198. The van der Waals surface area contributed by atoms with Crippen LogP contribution in [0.2, 0.25) is 0 Å². The van der Waals surface area contributed by atoms with E-state index in [1.165, 1.54) is 4.31 Å². The molecule has 0 radical (unpaired) electrons. The third kappa shape index (κ3) is 5.17. The molecule has 0 spiro atoms. The quantitative estimate of drug-likeness (QED) is 0.710. The molecule has 1 N–H and O–H groups in total. The van der Waals surface area contributed by atoms with E-state index in [0.29, 0.717) is 5.69 Å². The van der Waals surface area contributed by atoms with Gasteiger partial charge in [-0.3, -0.25) is 4.79 Å². The van der Waals surface area contributed by atoms with Gasteiger partial charge in [0.15, 0.2) is 6.61 Å². The molecule has 1 heterocycles. The number of nitrogens with zero attached hydrogens (tertiary/aromatic N) is 1. The number of para-hydroxylation sites is 1. The van der Waals surface area contributed by atoms with Crippen LogP contribution in [0, 0.1) is 5.82 Å². The molecule has 154 valence electrons. The minimum Gasteiger partial charge on any atom is -0.452 e. The molecule has 1 fully saturated rings. The Hall–Kier alpha value is -2.82. The number of benzene rings is 2. The number of sulfonamides is 1. The van der Waals surface area contributed by atoms with Crippen molar-refractivity contribution in [3.05, 3.63) is 59.9 Å². The van der Waals surface area contributed by atoms with Crippen LogP contribution in [-0.2, 0) is 24.3 Å².